The van der Waals surface area contributed by atoms with Gasteiger partial charge in [-0.15, -0.1) is 12.4 Å². The van der Waals surface area contributed by atoms with Crippen LogP contribution in [-0.2, 0) is 9.53 Å². The number of amides is 1. The van der Waals surface area contributed by atoms with Crippen LogP contribution < -0.4 is 5.73 Å². The maximum absolute atomic E-state index is 12.5. The molecule has 2 rings (SSSR count). The van der Waals surface area contributed by atoms with Crippen LogP contribution in [0.1, 0.15) is 37.4 Å². The molecule has 2 N–H and O–H groups in total. The van der Waals surface area contributed by atoms with E-state index in [-0.39, 0.29) is 24.4 Å². The maximum atomic E-state index is 12.5. The summed E-state index contributed by atoms with van der Waals surface area (Å²) in [6.45, 7) is 8.42. The molecule has 1 saturated heterocycles. The number of benzene rings is 1. The van der Waals surface area contributed by atoms with Gasteiger partial charge in [0.15, 0.2) is 0 Å². The summed E-state index contributed by atoms with van der Waals surface area (Å²) in [6.07, 6.45) is 1.06. The molecule has 0 spiro atoms. The van der Waals surface area contributed by atoms with E-state index in [9.17, 15) is 4.79 Å². The quantitative estimate of drug-likeness (QED) is 0.905. The Bertz CT molecular complexity index is 476. The van der Waals surface area contributed by atoms with Gasteiger partial charge in [0.2, 0.25) is 5.91 Å². The minimum Gasteiger partial charge on any atom is -0.376 e. The van der Waals surface area contributed by atoms with Crippen molar-refractivity contribution in [2.24, 2.45) is 11.7 Å². The number of ether oxygens (including phenoxy) is 1. The first-order valence-electron chi connectivity index (χ1n) is 7.70. The number of carbonyl (C=O) groups excluding carboxylic acids is 1. The molecule has 124 valence electrons. The number of carbonyl (C=O) groups is 1. The molecule has 1 heterocycles. The molecule has 0 radical (unpaired) electrons. The molecular formula is C17H27ClN2O2. The van der Waals surface area contributed by atoms with E-state index in [4.69, 9.17) is 10.5 Å². The number of hydrogen-bond donors (Lipinski definition) is 1. The number of aryl methyl sites for hydroxylation is 1. The van der Waals surface area contributed by atoms with Crippen LogP contribution in [0.25, 0.3) is 0 Å². The van der Waals surface area contributed by atoms with Gasteiger partial charge < -0.3 is 15.4 Å². The third kappa shape index (κ3) is 4.97. The highest BCUT2D eigenvalue weighted by molar-refractivity contribution is 5.85. The molecule has 1 aromatic rings. The summed E-state index contributed by atoms with van der Waals surface area (Å²) in [4.78, 5) is 14.3. The second-order valence-electron chi connectivity index (χ2n) is 6.31. The van der Waals surface area contributed by atoms with Gasteiger partial charge in [0.1, 0.15) is 6.04 Å². The lowest BCUT2D eigenvalue weighted by molar-refractivity contribution is -0.132. The highest BCUT2D eigenvalue weighted by Gasteiger charge is 2.30. The lowest BCUT2D eigenvalue weighted by Crippen LogP contribution is -2.37. The van der Waals surface area contributed by atoms with E-state index in [0.717, 1.165) is 25.1 Å². The van der Waals surface area contributed by atoms with Crippen LogP contribution in [0, 0.1) is 12.8 Å². The van der Waals surface area contributed by atoms with Gasteiger partial charge in [0.25, 0.3) is 0 Å². The Kier molecular flexibility index (Phi) is 7.33. The zero-order chi connectivity index (χ0) is 15.4. The Morgan fingerprint density at radius 2 is 2.00 bits per heavy atom. The molecular weight excluding hydrogens is 300 g/mol. The molecule has 1 amide bonds. The molecule has 1 aliphatic rings. The van der Waals surface area contributed by atoms with Gasteiger partial charge in [-0.1, -0.05) is 43.7 Å². The molecule has 0 bridgehead atoms. The normalized spacial score (nSPS) is 19.1. The number of nitrogens with two attached hydrogens (primary N) is 1. The summed E-state index contributed by atoms with van der Waals surface area (Å²) in [6, 6.07) is 7.26. The first kappa shape index (κ1) is 18.9. The third-order valence-corrected chi connectivity index (χ3v) is 3.82. The lowest BCUT2D eigenvalue weighted by atomic mass is 10.1. The first-order valence-corrected chi connectivity index (χ1v) is 7.70. The van der Waals surface area contributed by atoms with Gasteiger partial charge in [0.05, 0.1) is 6.10 Å². The Morgan fingerprint density at radius 3 is 2.59 bits per heavy atom. The average molecular weight is 327 g/mol. The summed E-state index contributed by atoms with van der Waals surface area (Å²) >= 11 is 0. The van der Waals surface area contributed by atoms with Crippen molar-refractivity contribution < 1.29 is 9.53 Å². The Morgan fingerprint density at radius 1 is 1.36 bits per heavy atom. The Balaban J connectivity index is 0.00000242. The SMILES string of the molecule is Cc1ccc(C(N)C(=O)N2CCC(OCC(C)C)C2)cc1.Cl. The molecule has 22 heavy (non-hydrogen) atoms. The highest BCUT2D eigenvalue weighted by atomic mass is 35.5. The molecule has 2 atom stereocenters. The van der Waals surface area contributed by atoms with Crippen molar-refractivity contribution in [3.8, 4) is 0 Å². The molecule has 2 unspecified atom stereocenters. The summed E-state index contributed by atoms with van der Waals surface area (Å²) in [5.41, 5.74) is 8.14. The molecule has 1 aliphatic heterocycles. The van der Waals surface area contributed by atoms with Crippen molar-refractivity contribution in [1.82, 2.24) is 4.90 Å². The fourth-order valence-electron chi connectivity index (χ4n) is 2.51. The van der Waals surface area contributed by atoms with Crippen molar-refractivity contribution in [3.05, 3.63) is 35.4 Å². The van der Waals surface area contributed by atoms with Crippen LogP contribution in [0.4, 0.5) is 0 Å². The number of nitrogens with zero attached hydrogens (tertiary/aromatic N) is 1. The van der Waals surface area contributed by atoms with Crippen molar-refractivity contribution in [2.45, 2.75) is 39.3 Å². The topological polar surface area (TPSA) is 55.6 Å². The predicted octanol–water partition coefficient (Wildman–Crippen LogP) is 2.69. The number of rotatable bonds is 5. The van der Waals surface area contributed by atoms with Crippen molar-refractivity contribution in [3.63, 3.8) is 0 Å². The maximum Gasteiger partial charge on any atom is 0.244 e. The van der Waals surface area contributed by atoms with Crippen LogP contribution in [0.2, 0.25) is 0 Å². The molecule has 1 fully saturated rings. The van der Waals surface area contributed by atoms with E-state index in [0.29, 0.717) is 12.5 Å². The average Bonchev–Trinajstić information content (AvgIpc) is 2.93. The summed E-state index contributed by atoms with van der Waals surface area (Å²) < 4.78 is 5.81. The van der Waals surface area contributed by atoms with Crippen molar-refractivity contribution in [2.75, 3.05) is 19.7 Å². The zero-order valence-corrected chi connectivity index (χ0v) is 14.4. The second kappa shape index (κ2) is 8.51. The lowest BCUT2D eigenvalue weighted by Gasteiger charge is -2.21. The van der Waals surface area contributed by atoms with Gasteiger partial charge in [-0.3, -0.25) is 4.79 Å². The van der Waals surface area contributed by atoms with E-state index in [1.54, 1.807) is 0 Å². The van der Waals surface area contributed by atoms with Crippen molar-refractivity contribution in [1.29, 1.82) is 0 Å². The predicted molar refractivity (Wildman–Crippen MR) is 91.1 cm³/mol. The highest BCUT2D eigenvalue weighted by Crippen LogP contribution is 2.19. The third-order valence-electron chi connectivity index (χ3n) is 3.82. The molecule has 0 saturated carbocycles. The fraction of sp³-hybridized carbons (Fsp3) is 0.588. The summed E-state index contributed by atoms with van der Waals surface area (Å²) in [7, 11) is 0. The zero-order valence-electron chi connectivity index (χ0n) is 13.6. The van der Waals surface area contributed by atoms with E-state index < -0.39 is 6.04 Å². The molecule has 0 aliphatic carbocycles. The number of hydrogen-bond acceptors (Lipinski definition) is 3. The number of likely N-dealkylation sites (tertiary alicyclic amines) is 1. The van der Waals surface area contributed by atoms with Gasteiger partial charge in [-0.25, -0.2) is 0 Å². The van der Waals surface area contributed by atoms with E-state index in [2.05, 4.69) is 13.8 Å². The van der Waals surface area contributed by atoms with Crippen LogP contribution in [-0.4, -0.2) is 36.6 Å². The minimum atomic E-state index is -0.575. The smallest absolute Gasteiger partial charge is 0.244 e. The van der Waals surface area contributed by atoms with Crippen molar-refractivity contribution >= 4 is 18.3 Å². The van der Waals surface area contributed by atoms with E-state index in [1.807, 2.05) is 36.1 Å². The summed E-state index contributed by atoms with van der Waals surface area (Å²) in [5.74, 6) is 0.513. The van der Waals surface area contributed by atoms with Gasteiger partial charge in [0, 0.05) is 19.7 Å². The van der Waals surface area contributed by atoms with Gasteiger partial charge in [-0.2, -0.15) is 0 Å². The molecule has 4 nitrogen and oxygen atoms in total. The van der Waals surface area contributed by atoms with Crippen LogP contribution in [0.15, 0.2) is 24.3 Å². The Labute approximate surface area is 139 Å². The second-order valence-corrected chi connectivity index (χ2v) is 6.31. The molecule has 5 heteroatoms. The standard InChI is InChI=1S/C17H26N2O2.ClH/c1-12(2)11-21-15-8-9-19(10-15)17(20)16(18)14-6-4-13(3)5-7-14;/h4-7,12,15-16H,8-11,18H2,1-3H3;1H. The Hall–Kier alpha value is -1.10. The molecule has 0 aromatic heterocycles. The monoisotopic (exact) mass is 326 g/mol. The summed E-state index contributed by atoms with van der Waals surface area (Å²) in [5, 5.41) is 0. The minimum absolute atomic E-state index is 0. The van der Waals surface area contributed by atoms with Crippen LogP contribution in [0.3, 0.4) is 0 Å². The largest absolute Gasteiger partial charge is 0.376 e. The molecule has 1 aromatic carbocycles. The first-order chi connectivity index (χ1) is 9.97. The number of halogens is 1. The fourth-order valence-corrected chi connectivity index (χ4v) is 2.51. The van der Waals surface area contributed by atoms with E-state index in [1.165, 1.54) is 5.56 Å². The van der Waals surface area contributed by atoms with E-state index >= 15 is 0 Å². The van der Waals surface area contributed by atoms with Gasteiger partial charge in [-0.05, 0) is 24.8 Å². The van der Waals surface area contributed by atoms with Crippen LogP contribution >= 0.6 is 12.4 Å². The van der Waals surface area contributed by atoms with Crippen LogP contribution in [0.5, 0.6) is 0 Å². The van der Waals surface area contributed by atoms with Gasteiger partial charge >= 0.3 is 0 Å².